The quantitative estimate of drug-likeness (QED) is 0.853. The van der Waals surface area contributed by atoms with E-state index in [1.165, 1.54) is 37.9 Å². The fourth-order valence-corrected chi connectivity index (χ4v) is 4.43. The zero-order valence-corrected chi connectivity index (χ0v) is 12.3. The Kier molecular flexibility index (Phi) is 3.92. The van der Waals surface area contributed by atoms with Crippen LogP contribution in [0.4, 0.5) is 0 Å². The highest BCUT2D eigenvalue weighted by molar-refractivity contribution is 5.01. The van der Waals surface area contributed by atoms with Gasteiger partial charge >= 0.3 is 0 Å². The number of hydrogen-bond donors (Lipinski definition) is 1. The van der Waals surface area contributed by atoms with Crippen molar-refractivity contribution in [2.75, 3.05) is 7.05 Å². The highest BCUT2D eigenvalue weighted by Gasteiger charge is 2.42. The molecule has 4 atom stereocenters. The van der Waals surface area contributed by atoms with Gasteiger partial charge in [0.15, 0.2) is 0 Å². The van der Waals surface area contributed by atoms with Gasteiger partial charge in [-0.2, -0.15) is 0 Å². The van der Waals surface area contributed by atoms with Crippen LogP contribution in [-0.2, 0) is 13.0 Å². The average Bonchev–Trinajstić information content (AvgIpc) is 3.12. The molecule has 3 heteroatoms. The molecule has 0 aromatic carbocycles. The molecule has 106 valence electrons. The Morgan fingerprint density at radius 1 is 1.42 bits per heavy atom. The van der Waals surface area contributed by atoms with Gasteiger partial charge in [0, 0.05) is 31.4 Å². The Morgan fingerprint density at radius 3 is 2.95 bits per heavy atom. The fourth-order valence-electron chi connectivity index (χ4n) is 4.43. The number of aryl methyl sites for hydroxylation is 1. The van der Waals surface area contributed by atoms with Gasteiger partial charge in [0.2, 0.25) is 0 Å². The van der Waals surface area contributed by atoms with Gasteiger partial charge in [-0.1, -0.05) is 13.3 Å². The normalized spacial score (nSPS) is 30.9. The van der Waals surface area contributed by atoms with Crippen LogP contribution in [0.1, 0.15) is 44.9 Å². The van der Waals surface area contributed by atoms with Gasteiger partial charge in [0.25, 0.3) is 0 Å². The Morgan fingerprint density at radius 2 is 2.32 bits per heavy atom. The first kappa shape index (κ1) is 13.2. The molecular weight excluding hydrogens is 234 g/mol. The van der Waals surface area contributed by atoms with Crippen LogP contribution >= 0.6 is 0 Å². The lowest BCUT2D eigenvalue weighted by molar-refractivity contribution is 0.252. The number of hydrogen-bond acceptors (Lipinski definition) is 2. The Labute approximate surface area is 116 Å². The van der Waals surface area contributed by atoms with E-state index in [1.54, 1.807) is 0 Å². The van der Waals surface area contributed by atoms with Gasteiger partial charge in [0.1, 0.15) is 5.82 Å². The third-order valence-corrected chi connectivity index (χ3v) is 5.35. The minimum Gasteiger partial charge on any atom is -0.335 e. The van der Waals surface area contributed by atoms with E-state index in [0.717, 1.165) is 30.7 Å². The molecule has 4 unspecified atom stereocenters. The zero-order chi connectivity index (χ0) is 13.2. The van der Waals surface area contributed by atoms with Crippen molar-refractivity contribution in [1.82, 2.24) is 14.9 Å². The predicted molar refractivity (Wildman–Crippen MR) is 78.0 cm³/mol. The topological polar surface area (TPSA) is 29.9 Å². The van der Waals surface area contributed by atoms with Gasteiger partial charge in [-0.15, -0.1) is 0 Å². The van der Waals surface area contributed by atoms with Crippen molar-refractivity contribution >= 4 is 0 Å². The van der Waals surface area contributed by atoms with Gasteiger partial charge in [-0.3, -0.25) is 0 Å². The van der Waals surface area contributed by atoms with Crippen LogP contribution in [-0.4, -0.2) is 22.6 Å². The minimum atomic E-state index is 0.619. The maximum absolute atomic E-state index is 4.58. The van der Waals surface area contributed by atoms with Crippen molar-refractivity contribution in [3.8, 4) is 0 Å². The van der Waals surface area contributed by atoms with E-state index in [-0.39, 0.29) is 0 Å². The molecule has 2 bridgehead atoms. The standard InChI is InChI=1S/C16H27N3/c1-3-7-19-8-6-18-16(19)11-15(17-2)14-10-12-4-5-13(14)9-12/h6,8,12-15,17H,3-5,7,9-11H2,1-2H3. The molecule has 1 aromatic heterocycles. The summed E-state index contributed by atoms with van der Waals surface area (Å²) in [5, 5.41) is 3.58. The zero-order valence-electron chi connectivity index (χ0n) is 12.3. The first-order chi connectivity index (χ1) is 9.31. The number of rotatable bonds is 6. The van der Waals surface area contributed by atoms with Crippen molar-refractivity contribution in [2.24, 2.45) is 17.8 Å². The molecule has 2 fully saturated rings. The number of aromatic nitrogens is 2. The molecule has 1 heterocycles. The second kappa shape index (κ2) is 5.66. The average molecular weight is 261 g/mol. The smallest absolute Gasteiger partial charge is 0.110 e. The summed E-state index contributed by atoms with van der Waals surface area (Å²) >= 11 is 0. The van der Waals surface area contributed by atoms with Gasteiger partial charge in [0.05, 0.1) is 0 Å². The summed E-state index contributed by atoms with van der Waals surface area (Å²) < 4.78 is 2.33. The Bertz CT molecular complexity index is 412. The van der Waals surface area contributed by atoms with E-state index in [1.807, 2.05) is 6.20 Å². The van der Waals surface area contributed by atoms with Crippen molar-refractivity contribution in [1.29, 1.82) is 0 Å². The van der Waals surface area contributed by atoms with E-state index in [9.17, 15) is 0 Å². The summed E-state index contributed by atoms with van der Waals surface area (Å²) in [5.74, 6) is 4.16. The molecule has 2 aliphatic rings. The fraction of sp³-hybridized carbons (Fsp3) is 0.812. The predicted octanol–water partition coefficient (Wildman–Crippen LogP) is 2.86. The molecular formula is C16H27N3. The van der Waals surface area contributed by atoms with Gasteiger partial charge in [-0.25, -0.2) is 4.98 Å². The molecule has 1 N–H and O–H groups in total. The lowest BCUT2D eigenvalue weighted by atomic mass is 9.82. The Hall–Kier alpha value is -0.830. The third kappa shape index (κ3) is 2.58. The SMILES string of the molecule is CCCn1ccnc1CC(NC)C1CC2CCC1C2. The van der Waals surface area contributed by atoms with Crippen LogP contribution < -0.4 is 5.32 Å². The third-order valence-electron chi connectivity index (χ3n) is 5.35. The van der Waals surface area contributed by atoms with Crippen LogP contribution in [0, 0.1) is 17.8 Å². The molecule has 0 radical (unpaired) electrons. The number of fused-ring (bicyclic) bond motifs is 2. The molecule has 2 aliphatic carbocycles. The number of nitrogens with zero attached hydrogens (tertiary/aromatic N) is 2. The van der Waals surface area contributed by atoms with Crippen molar-refractivity contribution < 1.29 is 0 Å². The van der Waals surface area contributed by atoms with E-state index >= 15 is 0 Å². The number of imidazole rings is 1. The minimum absolute atomic E-state index is 0.619. The Balaban J connectivity index is 1.67. The lowest BCUT2D eigenvalue weighted by Crippen LogP contribution is -2.39. The van der Waals surface area contributed by atoms with Crippen LogP contribution in [0.3, 0.4) is 0 Å². The molecule has 0 saturated heterocycles. The maximum atomic E-state index is 4.58. The summed E-state index contributed by atoms with van der Waals surface area (Å²) in [6.45, 7) is 3.33. The number of likely N-dealkylation sites (N-methyl/N-ethyl adjacent to an activating group) is 1. The molecule has 1 aromatic rings. The van der Waals surface area contributed by atoms with Crippen molar-refractivity contribution in [3.05, 3.63) is 18.2 Å². The van der Waals surface area contributed by atoms with Crippen LogP contribution in [0.5, 0.6) is 0 Å². The van der Waals surface area contributed by atoms with Crippen molar-refractivity contribution in [2.45, 2.75) is 58.0 Å². The van der Waals surface area contributed by atoms with Gasteiger partial charge < -0.3 is 9.88 Å². The maximum Gasteiger partial charge on any atom is 0.110 e. The lowest BCUT2D eigenvalue weighted by Gasteiger charge is -2.30. The van der Waals surface area contributed by atoms with E-state index in [2.05, 4.69) is 35.0 Å². The highest BCUT2D eigenvalue weighted by atomic mass is 15.1. The molecule has 2 saturated carbocycles. The summed E-state index contributed by atoms with van der Waals surface area (Å²) in [6, 6.07) is 0.619. The van der Waals surface area contributed by atoms with E-state index < -0.39 is 0 Å². The first-order valence-corrected chi connectivity index (χ1v) is 7.99. The first-order valence-electron chi connectivity index (χ1n) is 7.99. The number of nitrogens with one attached hydrogen (secondary N) is 1. The largest absolute Gasteiger partial charge is 0.335 e. The molecule has 3 nitrogen and oxygen atoms in total. The molecule has 0 aliphatic heterocycles. The van der Waals surface area contributed by atoms with Gasteiger partial charge in [-0.05, 0) is 50.5 Å². The molecule has 0 amide bonds. The van der Waals surface area contributed by atoms with Crippen LogP contribution in [0.15, 0.2) is 12.4 Å². The van der Waals surface area contributed by atoms with Crippen molar-refractivity contribution in [3.63, 3.8) is 0 Å². The summed E-state index contributed by atoms with van der Waals surface area (Å²) in [6.07, 6.45) is 12.3. The van der Waals surface area contributed by atoms with Crippen LogP contribution in [0.2, 0.25) is 0 Å². The van der Waals surface area contributed by atoms with Crippen LogP contribution in [0.25, 0.3) is 0 Å². The molecule has 19 heavy (non-hydrogen) atoms. The molecule has 3 rings (SSSR count). The second-order valence-corrected chi connectivity index (χ2v) is 6.47. The van der Waals surface area contributed by atoms with E-state index in [4.69, 9.17) is 0 Å². The summed E-state index contributed by atoms with van der Waals surface area (Å²) in [5.41, 5.74) is 0. The monoisotopic (exact) mass is 261 g/mol. The summed E-state index contributed by atoms with van der Waals surface area (Å²) in [4.78, 5) is 4.58. The highest BCUT2D eigenvalue weighted by Crippen LogP contribution is 2.49. The molecule has 0 spiro atoms. The van der Waals surface area contributed by atoms with E-state index in [0.29, 0.717) is 6.04 Å². The second-order valence-electron chi connectivity index (χ2n) is 6.47. The summed E-state index contributed by atoms with van der Waals surface area (Å²) in [7, 11) is 2.13.